The minimum Gasteiger partial charge on any atom is -0.383 e. The maximum atomic E-state index is 10.7. The van der Waals surface area contributed by atoms with Crippen molar-refractivity contribution in [1.29, 1.82) is 0 Å². The summed E-state index contributed by atoms with van der Waals surface area (Å²) in [4.78, 5) is 4.56. The van der Waals surface area contributed by atoms with Gasteiger partial charge in [-0.3, -0.25) is 4.68 Å². The molecule has 0 saturated carbocycles. The standard InChI is InChI=1S/C19H32N8O/c1-4-20-18(22-14-19(2,28)15-12-23-26(3)13-15)21-10-9-17-25-24-16-8-6-5-7-11-27(16)17/h12-13,28H,4-11,14H2,1-3H3,(H2,20,21,22). The van der Waals surface area contributed by atoms with Crippen LogP contribution in [0.15, 0.2) is 17.4 Å². The van der Waals surface area contributed by atoms with Crippen molar-refractivity contribution < 1.29 is 5.11 Å². The second-order valence-electron chi connectivity index (χ2n) is 7.54. The number of aromatic nitrogens is 5. The highest BCUT2D eigenvalue weighted by atomic mass is 16.3. The maximum absolute atomic E-state index is 10.7. The minimum atomic E-state index is -1.07. The van der Waals surface area contributed by atoms with Gasteiger partial charge in [0, 0.05) is 51.3 Å². The molecule has 0 spiro atoms. The molecule has 154 valence electrons. The molecule has 2 aromatic rings. The Morgan fingerprint density at radius 3 is 2.89 bits per heavy atom. The second-order valence-corrected chi connectivity index (χ2v) is 7.54. The lowest BCUT2D eigenvalue weighted by atomic mass is 10.0. The molecule has 3 heterocycles. The zero-order chi connectivity index (χ0) is 20.0. The van der Waals surface area contributed by atoms with Crippen LogP contribution in [0.1, 0.15) is 50.3 Å². The molecule has 0 aromatic carbocycles. The summed E-state index contributed by atoms with van der Waals surface area (Å²) in [6, 6.07) is 0. The summed E-state index contributed by atoms with van der Waals surface area (Å²) in [5.74, 6) is 2.82. The average Bonchev–Trinajstić information content (AvgIpc) is 3.19. The second kappa shape index (κ2) is 9.18. The van der Waals surface area contributed by atoms with Crippen molar-refractivity contribution in [2.24, 2.45) is 12.0 Å². The fourth-order valence-corrected chi connectivity index (χ4v) is 3.39. The van der Waals surface area contributed by atoms with Crippen LogP contribution in [0.5, 0.6) is 0 Å². The molecule has 1 aliphatic heterocycles. The van der Waals surface area contributed by atoms with Crippen molar-refractivity contribution in [2.75, 3.05) is 19.6 Å². The maximum Gasteiger partial charge on any atom is 0.191 e. The molecule has 0 fully saturated rings. The highest BCUT2D eigenvalue weighted by Gasteiger charge is 2.24. The van der Waals surface area contributed by atoms with Gasteiger partial charge >= 0.3 is 0 Å². The fraction of sp³-hybridized carbons (Fsp3) is 0.684. The lowest BCUT2D eigenvalue weighted by Crippen LogP contribution is -2.40. The minimum absolute atomic E-state index is 0.244. The van der Waals surface area contributed by atoms with Crippen LogP contribution in [0.4, 0.5) is 0 Å². The van der Waals surface area contributed by atoms with Crippen LogP contribution >= 0.6 is 0 Å². The Balaban J connectivity index is 1.57. The van der Waals surface area contributed by atoms with E-state index in [1.807, 2.05) is 20.2 Å². The topological polar surface area (TPSA) is 105 Å². The van der Waals surface area contributed by atoms with Crippen LogP contribution in [0.2, 0.25) is 0 Å². The van der Waals surface area contributed by atoms with Crippen molar-refractivity contribution in [3.05, 3.63) is 29.6 Å². The molecule has 0 saturated heterocycles. The molecular formula is C19H32N8O. The van der Waals surface area contributed by atoms with Gasteiger partial charge < -0.3 is 20.3 Å². The summed E-state index contributed by atoms with van der Waals surface area (Å²) in [6.07, 6.45) is 8.95. The molecule has 3 N–H and O–H groups in total. The van der Waals surface area contributed by atoms with E-state index in [0.29, 0.717) is 12.5 Å². The van der Waals surface area contributed by atoms with Gasteiger partial charge in [-0.15, -0.1) is 10.2 Å². The number of fused-ring (bicyclic) bond motifs is 1. The third-order valence-electron chi connectivity index (χ3n) is 5.04. The van der Waals surface area contributed by atoms with Crippen LogP contribution in [-0.2, 0) is 32.0 Å². The zero-order valence-electron chi connectivity index (χ0n) is 17.1. The Kier molecular flexibility index (Phi) is 6.66. The molecule has 9 nitrogen and oxygen atoms in total. The van der Waals surface area contributed by atoms with Gasteiger partial charge in [0.2, 0.25) is 0 Å². The first-order chi connectivity index (χ1) is 13.5. The number of aryl methyl sites for hydroxylation is 2. The molecule has 1 aliphatic rings. The third-order valence-corrected chi connectivity index (χ3v) is 5.04. The van der Waals surface area contributed by atoms with Gasteiger partial charge in [0.25, 0.3) is 0 Å². The predicted molar refractivity (Wildman–Crippen MR) is 108 cm³/mol. The van der Waals surface area contributed by atoms with Crippen molar-refractivity contribution >= 4 is 5.96 Å². The van der Waals surface area contributed by atoms with Crippen LogP contribution in [0.3, 0.4) is 0 Å². The molecule has 2 aromatic heterocycles. The Morgan fingerprint density at radius 1 is 1.29 bits per heavy atom. The van der Waals surface area contributed by atoms with Crippen molar-refractivity contribution in [3.8, 4) is 0 Å². The van der Waals surface area contributed by atoms with Crippen LogP contribution in [0.25, 0.3) is 0 Å². The Hall–Kier alpha value is -2.42. The Labute approximate surface area is 166 Å². The predicted octanol–water partition coefficient (Wildman–Crippen LogP) is 0.743. The third kappa shape index (κ3) is 5.09. The largest absolute Gasteiger partial charge is 0.383 e. The first kappa shape index (κ1) is 20.3. The van der Waals surface area contributed by atoms with E-state index < -0.39 is 5.60 Å². The van der Waals surface area contributed by atoms with E-state index in [9.17, 15) is 5.11 Å². The molecule has 3 rings (SSSR count). The number of hydrogen-bond donors (Lipinski definition) is 3. The number of nitrogens with one attached hydrogen (secondary N) is 2. The molecule has 0 bridgehead atoms. The van der Waals surface area contributed by atoms with E-state index in [1.165, 1.54) is 19.3 Å². The number of aliphatic hydroxyl groups is 1. The highest BCUT2D eigenvalue weighted by molar-refractivity contribution is 5.79. The highest BCUT2D eigenvalue weighted by Crippen LogP contribution is 2.20. The van der Waals surface area contributed by atoms with E-state index in [4.69, 9.17) is 0 Å². The zero-order valence-corrected chi connectivity index (χ0v) is 17.1. The summed E-state index contributed by atoms with van der Waals surface area (Å²) >= 11 is 0. The van der Waals surface area contributed by atoms with E-state index in [-0.39, 0.29) is 6.54 Å². The first-order valence-corrected chi connectivity index (χ1v) is 10.1. The van der Waals surface area contributed by atoms with E-state index >= 15 is 0 Å². The normalized spacial score (nSPS) is 16.9. The molecule has 1 unspecified atom stereocenters. The smallest absolute Gasteiger partial charge is 0.191 e. The van der Waals surface area contributed by atoms with Gasteiger partial charge in [0.05, 0.1) is 12.7 Å². The van der Waals surface area contributed by atoms with Crippen LogP contribution in [0, 0.1) is 0 Å². The Bertz CT molecular complexity index is 792. The number of aliphatic imine (C=N–C) groups is 1. The quantitative estimate of drug-likeness (QED) is 0.477. The molecular weight excluding hydrogens is 356 g/mol. The number of nitrogens with zero attached hydrogens (tertiary/aromatic N) is 6. The number of hydrogen-bond acceptors (Lipinski definition) is 5. The lowest BCUT2D eigenvalue weighted by molar-refractivity contribution is 0.0672. The van der Waals surface area contributed by atoms with E-state index in [2.05, 4.69) is 35.5 Å². The van der Waals surface area contributed by atoms with Gasteiger partial charge in [-0.2, -0.15) is 5.10 Å². The summed E-state index contributed by atoms with van der Waals surface area (Å²) < 4.78 is 3.95. The van der Waals surface area contributed by atoms with Gasteiger partial charge in [-0.1, -0.05) is 6.42 Å². The summed E-state index contributed by atoms with van der Waals surface area (Å²) in [5, 5.41) is 30.1. The molecule has 9 heteroatoms. The van der Waals surface area contributed by atoms with Gasteiger partial charge in [0.15, 0.2) is 5.96 Å². The van der Waals surface area contributed by atoms with Crippen molar-refractivity contribution in [3.63, 3.8) is 0 Å². The van der Waals surface area contributed by atoms with E-state index in [1.54, 1.807) is 17.8 Å². The average molecular weight is 389 g/mol. The van der Waals surface area contributed by atoms with Crippen molar-refractivity contribution in [2.45, 2.75) is 58.1 Å². The number of guanidine groups is 1. The molecule has 0 aliphatic carbocycles. The summed E-state index contributed by atoms with van der Waals surface area (Å²) in [5.41, 5.74) is -0.318. The molecule has 28 heavy (non-hydrogen) atoms. The molecule has 1 atom stereocenters. The van der Waals surface area contributed by atoms with Gasteiger partial charge in [0.1, 0.15) is 17.2 Å². The summed E-state index contributed by atoms with van der Waals surface area (Å²) in [7, 11) is 1.83. The van der Waals surface area contributed by atoms with Gasteiger partial charge in [-0.25, -0.2) is 4.99 Å². The molecule has 0 radical (unpaired) electrons. The van der Waals surface area contributed by atoms with E-state index in [0.717, 1.165) is 43.1 Å². The lowest BCUT2D eigenvalue weighted by Gasteiger charge is -2.20. The van der Waals surface area contributed by atoms with Crippen LogP contribution < -0.4 is 10.6 Å². The monoisotopic (exact) mass is 388 g/mol. The Morgan fingerprint density at radius 2 is 2.14 bits per heavy atom. The SMILES string of the molecule is CCNC(=NCC(C)(O)c1cnn(C)c1)NCCc1nnc2n1CCCCC2. The first-order valence-electron chi connectivity index (χ1n) is 10.1. The molecule has 0 amide bonds. The van der Waals surface area contributed by atoms with Gasteiger partial charge in [-0.05, 0) is 26.7 Å². The van der Waals surface area contributed by atoms with Crippen molar-refractivity contribution in [1.82, 2.24) is 35.2 Å². The van der Waals surface area contributed by atoms with Crippen LogP contribution in [-0.4, -0.2) is 55.2 Å². The number of rotatable bonds is 7. The fourth-order valence-electron chi connectivity index (χ4n) is 3.39. The summed E-state index contributed by atoms with van der Waals surface area (Å²) in [6.45, 7) is 6.49.